The zero-order valence-corrected chi connectivity index (χ0v) is 9.78. The van der Waals surface area contributed by atoms with Crippen LogP contribution < -0.4 is 4.52 Å². The monoisotopic (exact) mass is 287 g/mol. The summed E-state index contributed by atoms with van der Waals surface area (Å²) in [4.78, 5) is 18.6. The molecule has 0 aliphatic heterocycles. The van der Waals surface area contributed by atoms with E-state index in [1.54, 1.807) is 0 Å². The van der Waals surface area contributed by atoms with Crippen molar-refractivity contribution in [3.8, 4) is 5.75 Å². The summed E-state index contributed by atoms with van der Waals surface area (Å²) in [6, 6.07) is 3.18. The van der Waals surface area contributed by atoms with Crippen molar-refractivity contribution in [2.45, 2.75) is 0 Å². The molecule has 7 nitrogen and oxygen atoms in total. The Morgan fingerprint density at radius 2 is 2.12 bits per heavy atom. The highest BCUT2D eigenvalue weighted by Crippen LogP contribution is 2.46. The van der Waals surface area contributed by atoms with Crippen molar-refractivity contribution >= 4 is 37.0 Å². The second-order valence-electron chi connectivity index (χ2n) is 2.50. The van der Waals surface area contributed by atoms with E-state index in [1.807, 2.05) is 0 Å². The van der Waals surface area contributed by atoms with Gasteiger partial charge in [0.05, 0.1) is 22.9 Å². The van der Waals surface area contributed by atoms with E-state index in [1.165, 1.54) is 0 Å². The van der Waals surface area contributed by atoms with Gasteiger partial charge in [0, 0.05) is 0 Å². The maximum absolute atomic E-state index is 10.9. The summed E-state index contributed by atoms with van der Waals surface area (Å²) < 4.78 is 18.9. The lowest BCUT2D eigenvalue weighted by atomic mass is 10.3. The number of nitrogens with zero attached hydrogens (tertiary/aromatic N) is 1. The van der Waals surface area contributed by atoms with Gasteiger partial charge < -0.3 is 4.52 Å². The lowest BCUT2D eigenvalue weighted by Gasteiger charge is -2.08. The molecule has 10 heteroatoms. The Bertz CT molecular complexity index is 466. The summed E-state index contributed by atoms with van der Waals surface area (Å²) in [6.07, 6.45) is 0. The summed E-state index contributed by atoms with van der Waals surface area (Å²) in [5.41, 5.74) is -0.464. The van der Waals surface area contributed by atoms with E-state index in [9.17, 15) is 14.7 Å². The van der Waals surface area contributed by atoms with E-state index in [4.69, 9.17) is 16.5 Å². The quantitative estimate of drug-likeness (QED) is 0.519. The molecule has 0 spiro atoms. The molecule has 0 saturated heterocycles. The van der Waals surface area contributed by atoms with Gasteiger partial charge in [-0.15, -0.1) is 0 Å². The molecule has 0 aromatic heterocycles. The van der Waals surface area contributed by atoms with Crippen molar-refractivity contribution in [1.29, 1.82) is 0 Å². The van der Waals surface area contributed by atoms with Gasteiger partial charge in [-0.3, -0.25) is 15.0 Å². The number of phosphoric ester groups is 1. The molecule has 0 aliphatic carbocycles. The highest BCUT2D eigenvalue weighted by atomic mass is 35.5. The van der Waals surface area contributed by atoms with Crippen molar-refractivity contribution in [3.05, 3.63) is 33.3 Å². The Hall–Kier alpha value is -0.850. The summed E-state index contributed by atoms with van der Waals surface area (Å²) >= 11 is 10.2. The third-order valence-corrected chi connectivity index (χ3v) is 2.88. The molecule has 1 atom stereocenters. The van der Waals surface area contributed by atoms with Crippen molar-refractivity contribution < 1.29 is 23.0 Å². The van der Waals surface area contributed by atoms with Gasteiger partial charge in [-0.25, -0.2) is 4.57 Å². The van der Waals surface area contributed by atoms with Crippen LogP contribution in [0.25, 0.3) is 0 Å². The van der Waals surface area contributed by atoms with Crippen LogP contribution in [0.1, 0.15) is 0 Å². The Kier molecular flexibility index (Phi) is 4.12. The van der Waals surface area contributed by atoms with E-state index in [-0.39, 0.29) is 10.8 Å². The molecule has 1 aromatic carbocycles. The minimum Gasteiger partial charge on any atom is -0.403 e. The minimum absolute atomic E-state index is 0.128. The van der Waals surface area contributed by atoms with Crippen LogP contribution in [-0.2, 0) is 8.64 Å². The molecular weight excluding hydrogens is 284 g/mol. The SMILES string of the molecule is O=[N+]([O-])c1cc(OP(=O)(O)OCl)ccc1Cl. The van der Waals surface area contributed by atoms with Crippen LogP contribution in [0.3, 0.4) is 0 Å². The number of nitro benzene ring substituents is 1. The Morgan fingerprint density at radius 1 is 1.50 bits per heavy atom. The fraction of sp³-hybridized carbons (Fsp3) is 0. The first-order chi connectivity index (χ1) is 7.35. The van der Waals surface area contributed by atoms with Crippen molar-refractivity contribution in [2.24, 2.45) is 0 Å². The predicted octanol–water partition coefficient (Wildman–Crippen LogP) is 2.90. The van der Waals surface area contributed by atoms with Crippen LogP contribution in [0.5, 0.6) is 5.75 Å². The first-order valence-electron chi connectivity index (χ1n) is 3.62. The van der Waals surface area contributed by atoms with Gasteiger partial charge in [-0.1, -0.05) is 11.6 Å². The highest BCUT2D eigenvalue weighted by Gasteiger charge is 2.24. The zero-order valence-electron chi connectivity index (χ0n) is 7.37. The van der Waals surface area contributed by atoms with E-state index >= 15 is 0 Å². The van der Waals surface area contributed by atoms with Gasteiger partial charge >= 0.3 is 7.82 Å². The van der Waals surface area contributed by atoms with E-state index in [0.717, 1.165) is 18.2 Å². The lowest BCUT2D eigenvalue weighted by molar-refractivity contribution is -0.384. The maximum atomic E-state index is 10.9. The second kappa shape index (κ2) is 4.99. The predicted molar refractivity (Wildman–Crippen MR) is 55.5 cm³/mol. The molecular formula is C6H4Cl2NO6P. The van der Waals surface area contributed by atoms with E-state index in [2.05, 4.69) is 20.5 Å². The summed E-state index contributed by atoms with van der Waals surface area (Å²) in [7, 11) is -4.46. The van der Waals surface area contributed by atoms with E-state index in [0.29, 0.717) is 0 Å². The Balaban J connectivity index is 3.05. The summed E-state index contributed by atoms with van der Waals surface area (Å²) in [6.45, 7) is 0. The van der Waals surface area contributed by atoms with Gasteiger partial charge in [0.25, 0.3) is 5.69 Å². The normalized spacial score (nSPS) is 14.2. The van der Waals surface area contributed by atoms with E-state index < -0.39 is 18.4 Å². The lowest BCUT2D eigenvalue weighted by Crippen LogP contribution is -1.94. The van der Waals surface area contributed by atoms with Crippen molar-refractivity contribution in [3.63, 3.8) is 0 Å². The topological polar surface area (TPSA) is 98.9 Å². The molecule has 88 valence electrons. The van der Waals surface area contributed by atoms with Crippen LogP contribution in [0.2, 0.25) is 5.02 Å². The van der Waals surface area contributed by atoms with Crippen LogP contribution in [-0.4, -0.2) is 9.82 Å². The molecule has 1 rings (SSSR count). The molecule has 16 heavy (non-hydrogen) atoms. The molecule has 0 aliphatic rings. The third-order valence-electron chi connectivity index (χ3n) is 1.42. The molecule has 0 fully saturated rings. The molecule has 0 radical (unpaired) electrons. The number of hydrogen-bond acceptors (Lipinski definition) is 5. The van der Waals surface area contributed by atoms with Crippen molar-refractivity contribution in [1.82, 2.24) is 0 Å². The zero-order chi connectivity index (χ0) is 12.3. The fourth-order valence-electron chi connectivity index (χ4n) is 0.836. The third kappa shape index (κ3) is 3.33. The minimum atomic E-state index is -4.46. The first-order valence-corrected chi connectivity index (χ1v) is 5.80. The van der Waals surface area contributed by atoms with Crippen LogP contribution in [0.4, 0.5) is 5.69 Å². The van der Waals surface area contributed by atoms with Crippen LogP contribution in [0.15, 0.2) is 18.2 Å². The number of nitro groups is 1. The number of benzene rings is 1. The highest BCUT2D eigenvalue weighted by molar-refractivity contribution is 7.48. The van der Waals surface area contributed by atoms with Gasteiger partial charge in [0.15, 0.2) is 0 Å². The Morgan fingerprint density at radius 3 is 2.62 bits per heavy atom. The van der Waals surface area contributed by atoms with Gasteiger partial charge in [-0.05, 0) is 12.1 Å². The smallest absolute Gasteiger partial charge is 0.403 e. The molecule has 0 amide bonds. The summed E-state index contributed by atoms with van der Waals surface area (Å²) in [5.74, 6) is -0.261. The van der Waals surface area contributed by atoms with Gasteiger partial charge in [0.1, 0.15) is 10.8 Å². The van der Waals surface area contributed by atoms with Gasteiger partial charge in [0.2, 0.25) is 0 Å². The average molecular weight is 288 g/mol. The number of hydrogen-bond donors (Lipinski definition) is 1. The first kappa shape index (κ1) is 13.2. The van der Waals surface area contributed by atoms with Crippen LogP contribution in [0, 0.1) is 10.1 Å². The fourth-order valence-corrected chi connectivity index (χ4v) is 1.52. The molecule has 1 N–H and O–H groups in total. The standard InChI is InChI=1S/C6H4Cl2NO6P/c7-5-2-1-4(3-6(5)9(10)11)14-16(12,13)15-8/h1-3H,(H,12,13). The second-order valence-corrected chi connectivity index (χ2v) is 4.58. The van der Waals surface area contributed by atoms with Crippen LogP contribution >= 0.6 is 31.3 Å². The number of rotatable bonds is 4. The number of phosphoric acid groups is 1. The average Bonchev–Trinajstić information content (AvgIpc) is 2.20. The largest absolute Gasteiger partial charge is 0.544 e. The molecule has 0 heterocycles. The maximum Gasteiger partial charge on any atom is 0.544 e. The molecule has 0 bridgehead atoms. The van der Waals surface area contributed by atoms with Gasteiger partial charge in [-0.2, -0.15) is 4.08 Å². The summed E-state index contributed by atoms with van der Waals surface area (Å²) in [5, 5.41) is 10.4. The molecule has 1 unspecified atom stereocenters. The molecule has 0 saturated carbocycles. The Labute approximate surface area is 99.4 Å². The molecule has 1 aromatic rings. The van der Waals surface area contributed by atoms with Crippen molar-refractivity contribution in [2.75, 3.05) is 0 Å². The number of halogens is 2.